The molecule has 66 heavy (non-hydrogen) atoms. The zero-order chi connectivity index (χ0) is 42.5. The summed E-state index contributed by atoms with van der Waals surface area (Å²) >= 11 is 0. The minimum atomic E-state index is -0.0171. The molecule has 0 aliphatic carbocycles. The zero-order valence-corrected chi connectivity index (χ0v) is 35.5. The Morgan fingerprint density at radius 2 is 0.712 bits per heavy atom. The smallest absolute Gasteiger partial charge is 0.252 e. The first-order valence-corrected chi connectivity index (χ1v) is 23.1. The molecule has 0 N–H and O–H groups in total. The number of hydrogen-bond donors (Lipinski definition) is 0. The third kappa shape index (κ3) is 3.96. The van der Waals surface area contributed by atoms with Gasteiger partial charge in [-0.15, -0.1) is 0 Å². The van der Waals surface area contributed by atoms with E-state index in [1.165, 1.54) is 147 Å². The standard InChI is InChI=1S/C62H34BN3/c1-2-16-38-32-53-47(29-37(38)15-1)46-23-11-12-24-50(46)64(53)41-33-54-60-55(34-41)66-52-28-26-36-14-4-8-20-43(36)57(52)59-45-22-10-6-18-40(45)31-49(62(59)66)63(60)48-30-39-17-5-9-21-44(39)58-56-42-19-7-3-13-35(42)25-27-51(56)65(54)61(48)58/h1-34H. The largest absolute Gasteiger partial charge is 0.310 e. The van der Waals surface area contributed by atoms with Crippen LogP contribution < -0.4 is 16.4 Å². The van der Waals surface area contributed by atoms with Crippen LogP contribution in [0.1, 0.15) is 0 Å². The van der Waals surface area contributed by atoms with Crippen LogP contribution in [0.25, 0.3) is 136 Å². The van der Waals surface area contributed by atoms with E-state index in [1.54, 1.807) is 0 Å². The van der Waals surface area contributed by atoms with E-state index in [4.69, 9.17) is 0 Å². The Morgan fingerprint density at radius 1 is 0.273 bits per heavy atom. The number of hydrogen-bond acceptors (Lipinski definition) is 0. The topological polar surface area (TPSA) is 14.8 Å². The van der Waals surface area contributed by atoms with E-state index in [2.05, 4.69) is 220 Å². The molecule has 17 rings (SSSR count). The predicted octanol–water partition coefficient (Wildman–Crippen LogP) is 13.9. The average molecular weight is 832 g/mol. The number of aromatic nitrogens is 3. The third-order valence-corrected chi connectivity index (χ3v) is 15.7. The number of benzene rings is 12. The van der Waals surface area contributed by atoms with Crippen molar-refractivity contribution >= 4 is 142 Å². The number of fused-ring (bicyclic) bond motifs is 22. The van der Waals surface area contributed by atoms with Gasteiger partial charge in [0.2, 0.25) is 0 Å². The molecule has 0 bridgehead atoms. The number of nitrogens with zero attached hydrogens (tertiary/aromatic N) is 3. The summed E-state index contributed by atoms with van der Waals surface area (Å²) in [5.41, 5.74) is 15.3. The Balaban J connectivity index is 1.15. The van der Waals surface area contributed by atoms with Gasteiger partial charge in [0.05, 0.1) is 38.8 Å². The van der Waals surface area contributed by atoms with Gasteiger partial charge in [0.15, 0.2) is 0 Å². The normalized spacial score (nSPS) is 13.1. The third-order valence-electron chi connectivity index (χ3n) is 15.7. The fourth-order valence-electron chi connectivity index (χ4n) is 13.1. The van der Waals surface area contributed by atoms with Gasteiger partial charge in [-0.2, -0.15) is 0 Å². The molecule has 0 amide bonds. The molecule has 3 aromatic heterocycles. The van der Waals surface area contributed by atoms with Gasteiger partial charge in [-0.05, 0) is 113 Å². The molecule has 15 aromatic rings. The maximum absolute atomic E-state index is 2.66. The summed E-state index contributed by atoms with van der Waals surface area (Å²) in [6, 6.07) is 78.3. The zero-order valence-electron chi connectivity index (χ0n) is 35.5. The maximum Gasteiger partial charge on any atom is 0.252 e. The van der Waals surface area contributed by atoms with Gasteiger partial charge >= 0.3 is 0 Å². The van der Waals surface area contributed by atoms with E-state index in [0.717, 1.165) is 5.69 Å². The maximum atomic E-state index is 2.66. The number of para-hydroxylation sites is 1. The van der Waals surface area contributed by atoms with Gasteiger partial charge in [-0.1, -0.05) is 164 Å². The van der Waals surface area contributed by atoms with Crippen molar-refractivity contribution in [3.8, 4) is 17.1 Å². The lowest BCUT2D eigenvalue weighted by atomic mass is 9.34. The van der Waals surface area contributed by atoms with Crippen molar-refractivity contribution in [2.45, 2.75) is 0 Å². The number of rotatable bonds is 1. The quantitative estimate of drug-likeness (QED) is 0.146. The monoisotopic (exact) mass is 831 g/mol. The van der Waals surface area contributed by atoms with Crippen molar-refractivity contribution in [1.82, 2.24) is 13.7 Å². The molecular weight excluding hydrogens is 798 g/mol. The van der Waals surface area contributed by atoms with E-state index < -0.39 is 0 Å². The van der Waals surface area contributed by atoms with Gasteiger partial charge in [-0.3, -0.25) is 0 Å². The second kappa shape index (κ2) is 11.7. The van der Waals surface area contributed by atoms with Crippen molar-refractivity contribution in [1.29, 1.82) is 0 Å². The van der Waals surface area contributed by atoms with Gasteiger partial charge in [0.25, 0.3) is 6.71 Å². The second-order valence-electron chi connectivity index (χ2n) is 18.8. The molecule has 0 saturated heterocycles. The van der Waals surface area contributed by atoms with E-state index in [-0.39, 0.29) is 6.71 Å². The van der Waals surface area contributed by atoms with E-state index in [1.807, 2.05) is 0 Å². The van der Waals surface area contributed by atoms with Crippen LogP contribution in [-0.2, 0) is 0 Å². The van der Waals surface area contributed by atoms with Crippen LogP contribution in [0.5, 0.6) is 0 Å². The van der Waals surface area contributed by atoms with Gasteiger partial charge in [-0.25, -0.2) is 0 Å². The molecule has 2 aliphatic rings. The minimum absolute atomic E-state index is 0.0171. The minimum Gasteiger partial charge on any atom is -0.310 e. The lowest BCUT2D eigenvalue weighted by Gasteiger charge is -2.34. The van der Waals surface area contributed by atoms with Gasteiger partial charge < -0.3 is 13.7 Å². The summed E-state index contributed by atoms with van der Waals surface area (Å²) in [6.45, 7) is -0.0171. The Labute approximate surface area is 377 Å². The molecule has 4 heteroatoms. The summed E-state index contributed by atoms with van der Waals surface area (Å²) in [7, 11) is 0. The Bertz CT molecular complexity index is 4550. The van der Waals surface area contributed by atoms with Crippen molar-refractivity contribution in [2.75, 3.05) is 0 Å². The van der Waals surface area contributed by atoms with Crippen LogP contribution in [0.4, 0.5) is 0 Å². The lowest BCUT2D eigenvalue weighted by molar-refractivity contribution is 1.11. The molecule has 300 valence electrons. The molecule has 0 atom stereocenters. The predicted molar refractivity (Wildman–Crippen MR) is 282 cm³/mol. The molecule has 2 aliphatic heterocycles. The Morgan fingerprint density at radius 3 is 1.26 bits per heavy atom. The van der Waals surface area contributed by atoms with Crippen molar-refractivity contribution < 1.29 is 0 Å². The van der Waals surface area contributed by atoms with E-state index in [0.29, 0.717) is 0 Å². The second-order valence-corrected chi connectivity index (χ2v) is 18.8. The van der Waals surface area contributed by atoms with Gasteiger partial charge in [0.1, 0.15) is 0 Å². The van der Waals surface area contributed by atoms with Crippen LogP contribution in [0.15, 0.2) is 206 Å². The lowest BCUT2D eigenvalue weighted by Crippen LogP contribution is -2.59. The summed E-state index contributed by atoms with van der Waals surface area (Å²) in [4.78, 5) is 0. The summed E-state index contributed by atoms with van der Waals surface area (Å²) in [6.07, 6.45) is 0. The highest BCUT2D eigenvalue weighted by Crippen LogP contribution is 2.47. The van der Waals surface area contributed by atoms with Crippen LogP contribution in [-0.4, -0.2) is 20.4 Å². The molecule has 12 aromatic carbocycles. The molecule has 0 radical (unpaired) electrons. The first-order valence-electron chi connectivity index (χ1n) is 23.1. The van der Waals surface area contributed by atoms with Crippen molar-refractivity contribution in [2.24, 2.45) is 0 Å². The van der Waals surface area contributed by atoms with E-state index in [9.17, 15) is 0 Å². The van der Waals surface area contributed by atoms with Crippen LogP contribution in [0.2, 0.25) is 0 Å². The summed E-state index contributed by atoms with van der Waals surface area (Å²) in [5, 5.41) is 20.6. The Kier molecular flexibility index (Phi) is 6.03. The van der Waals surface area contributed by atoms with Gasteiger partial charge in [0, 0.05) is 43.7 Å². The van der Waals surface area contributed by atoms with E-state index >= 15 is 0 Å². The molecule has 0 saturated carbocycles. The van der Waals surface area contributed by atoms with Crippen molar-refractivity contribution in [3.63, 3.8) is 0 Å². The highest BCUT2D eigenvalue weighted by Gasteiger charge is 2.42. The van der Waals surface area contributed by atoms with Crippen LogP contribution in [0.3, 0.4) is 0 Å². The average Bonchev–Trinajstić information content (AvgIpc) is 4.03. The molecular formula is C62H34BN3. The highest BCUT2D eigenvalue weighted by atomic mass is 15.1. The fourth-order valence-corrected chi connectivity index (χ4v) is 13.1. The SMILES string of the molecule is c1ccc2cc3c(cc2c1)c1ccccc1n3-c1cc2c3c(c1)-n1c4ccc5ccccc5c4c4c5ccccc5cc(c41)B3c1cc3ccccc3c3c4c5ccccc5ccc4n-2c13. The summed E-state index contributed by atoms with van der Waals surface area (Å²) in [5.74, 6) is 0. The molecule has 0 fully saturated rings. The molecule has 3 nitrogen and oxygen atoms in total. The fraction of sp³-hybridized carbons (Fsp3) is 0. The summed E-state index contributed by atoms with van der Waals surface area (Å²) < 4.78 is 7.86. The van der Waals surface area contributed by atoms with Crippen molar-refractivity contribution in [3.05, 3.63) is 206 Å². The van der Waals surface area contributed by atoms with Crippen LogP contribution in [0, 0.1) is 0 Å². The molecule has 0 unspecified atom stereocenters. The Hall–Kier alpha value is -8.60. The van der Waals surface area contributed by atoms with Crippen LogP contribution >= 0.6 is 0 Å². The highest BCUT2D eigenvalue weighted by molar-refractivity contribution is 7.00. The first-order chi connectivity index (χ1) is 32.8. The first kappa shape index (κ1) is 33.9. The molecule has 5 heterocycles. The molecule has 0 spiro atoms.